The van der Waals surface area contributed by atoms with Gasteiger partial charge in [-0.1, -0.05) is 0 Å². The predicted molar refractivity (Wildman–Crippen MR) is 58.0 cm³/mol. The molecule has 0 aromatic carbocycles. The first kappa shape index (κ1) is 13.4. The summed E-state index contributed by atoms with van der Waals surface area (Å²) in [5, 5.41) is 8.83. The third-order valence-corrected chi connectivity index (χ3v) is 2.24. The molecular weight excluding hydrogens is 176 g/mol. The second-order valence-electron chi connectivity index (χ2n) is 4.25. The fourth-order valence-electron chi connectivity index (χ4n) is 1.00. The van der Waals surface area contributed by atoms with Gasteiger partial charge in [-0.15, -0.1) is 0 Å². The molecule has 0 saturated carbocycles. The van der Waals surface area contributed by atoms with Crippen molar-refractivity contribution in [2.75, 3.05) is 33.4 Å². The quantitative estimate of drug-likeness (QED) is 0.586. The predicted octanol–water partition coefficient (Wildman–Crippen LogP) is 1.89. The molecule has 82 valence electrons. The lowest BCUT2D eigenvalue weighted by molar-refractivity contribution is 0.119. The van der Waals surface area contributed by atoms with E-state index in [1.165, 1.54) is 0 Å². The molecule has 0 aromatic rings. The fourth-order valence-corrected chi connectivity index (χ4v) is 1.00. The van der Waals surface area contributed by atoms with Gasteiger partial charge < -0.3 is 9.64 Å². The Labute approximate surface area is 87.7 Å². The summed E-state index contributed by atoms with van der Waals surface area (Å²) in [7, 11) is 2.06. The van der Waals surface area contributed by atoms with Gasteiger partial charge >= 0.3 is 0 Å². The lowest BCUT2D eigenvalue weighted by atomic mass is 9.91. The largest absolute Gasteiger partial charge is 0.380 e. The maximum atomic E-state index is 8.83. The number of nitriles is 1. The third kappa shape index (κ3) is 6.88. The summed E-state index contributed by atoms with van der Waals surface area (Å²) in [6.07, 6.45) is 0.909. The summed E-state index contributed by atoms with van der Waals surface area (Å²) in [4.78, 5) is 2.20. The number of rotatable bonds is 7. The van der Waals surface area contributed by atoms with Crippen LogP contribution in [0.25, 0.3) is 0 Å². The minimum Gasteiger partial charge on any atom is -0.380 e. The maximum Gasteiger partial charge on any atom is 0.0684 e. The van der Waals surface area contributed by atoms with Crippen molar-refractivity contribution in [3.8, 4) is 6.07 Å². The molecule has 0 saturated heterocycles. The van der Waals surface area contributed by atoms with E-state index in [1.54, 1.807) is 0 Å². The molecular formula is C11H22N2O. The van der Waals surface area contributed by atoms with Crippen molar-refractivity contribution in [1.82, 2.24) is 4.90 Å². The Morgan fingerprint density at radius 2 is 2.00 bits per heavy atom. The molecule has 0 radical (unpaired) electrons. The van der Waals surface area contributed by atoms with Gasteiger partial charge in [-0.05, 0) is 40.8 Å². The van der Waals surface area contributed by atoms with Crippen LogP contribution in [0.5, 0.6) is 0 Å². The van der Waals surface area contributed by atoms with Crippen molar-refractivity contribution >= 4 is 0 Å². The van der Waals surface area contributed by atoms with Crippen molar-refractivity contribution in [3.05, 3.63) is 0 Å². The Morgan fingerprint density at radius 1 is 1.36 bits per heavy atom. The van der Waals surface area contributed by atoms with Crippen LogP contribution in [-0.4, -0.2) is 38.3 Å². The minimum absolute atomic E-state index is 0.208. The van der Waals surface area contributed by atoms with Crippen LogP contribution in [0.2, 0.25) is 0 Å². The Morgan fingerprint density at radius 3 is 2.50 bits per heavy atom. The van der Waals surface area contributed by atoms with E-state index in [4.69, 9.17) is 10.00 Å². The van der Waals surface area contributed by atoms with E-state index in [0.29, 0.717) is 0 Å². The number of ether oxygens (including phenoxy) is 1. The lowest BCUT2D eigenvalue weighted by Gasteiger charge is -2.21. The zero-order chi connectivity index (χ0) is 11.0. The van der Waals surface area contributed by atoms with Crippen molar-refractivity contribution in [2.24, 2.45) is 5.41 Å². The average Bonchev–Trinajstić information content (AvgIpc) is 2.16. The topological polar surface area (TPSA) is 36.3 Å². The zero-order valence-corrected chi connectivity index (χ0v) is 9.84. The number of nitrogens with zero attached hydrogens (tertiary/aromatic N) is 2. The minimum atomic E-state index is -0.208. The van der Waals surface area contributed by atoms with E-state index in [0.717, 1.165) is 32.7 Å². The highest BCUT2D eigenvalue weighted by atomic mass is 16.5. The van der Waals surface area contributed by atoms with E-state index in [1.807, 2.05) is 20.8 Å². The molecule has 0 fully saturated rings. The van der Waals surface area contributed by atoms with Crippen LogP contribution in [-0.2, 0) is 4.74 Å². The van der Waals surface area contributed by atoms with E-state index >= 15 is 0 Å². The second kappa shape index (κ2) is 6.80. The molecule has 0 atom stereocenters. The van der Waals surface area contributed by atoms with E-state index in [-0.39, 0.29) is 5.41 Å². The molecule has 0 amide bonds. The van der Waals surface area contributed by atoms with E-state index in [9.17, 15) is 0 Å². The molecule has 0 aliphatic carbocycles. The molecule has 0 spiro atoms. The summed E-state index contributed by atoms with van der Waals surface area (Å²) in [6.45, 7) is 9.39. The molecule has 3 heteroatoms. The first-order chi connectivity index (χ1) is 6.52. The molecule has 0 aromatic heterocycles. The summed E-state index contributed by atoms with van der Waals surface area (Å²) in [6, 6.07) is 2.31. The summed E-state index contributed by atoms with van der Waals surface area (Å²) in [5.41, 5.74) is -0.208. The standard InChI is InChI=1S/C11H22N2O/c1-5-14-9-8-13(4)7-6-11(2,3)10-12/h5-9H2,1-4H3. The molecule has 0 heterocycles. The van der Waals surface area contributed by atoms with Gasteiger partial charge in [-0.2, -0.15) is 5.26 Å². The van der Waals surface area contributed by atoms with Gasteiger partial charge in [-0.25, -0.2) is 0 Å². The smallest absolute Gasteiger partial charge is 0.0684 e. The van der Waals surface area contributed by atoms with Crippen LogP contribution in [0.1, 0.15) is 27.2 Å². The molecule has 0 unspecified atom stereocenters. The summed E-state index contributed by atoms with van der Waals surface area (Å²) < 4.78 is 5.26. The Hall–Kier alpha value is -0.590. The SMILES string of the molecule is CCOCCN(C)CCC(C)(C)C#N. The summed E-state index contributed by atoms with van der Waals surface area (Å²) >= 11 is 0. The molecule has 0 aliphatic heterocycles. The van der Waals surface area contributed by atoms with Crippen molar-refractivity contribution in [1.29, 1.82) is 5.26 Å². The molecule has 3 nitrogen and oxygen atoms in total. The highest BCUT2D eigenvalue weighted by Gasteiger charge is 2.16. The molecule has 14 heavy (non-hydrogen) atoms. The van der Waals surface area contributed by atoms with Crippen LogP contribution < -0.4 is 0 Å². The molecule has 0 bridgehead atoms. The second-order valence-corrected chi connectivity index (χ2v) is 4.25. The van der Waals surface area contributed by atoms with E-state index in [2.05, 4.69) is 18.0 Å². The maximum absolute atomic E-state index is 8.83. The fraction of sp³-hybridized carbons (Fsp3) is 0.909. The van der Waals surface area contributed by atoms with Crippen molar-refractivity contribution in [2.45, 2.75) is 27.2 Å². The summed E-state index contributed by atoms with van der Waals surface area (Å²) in [5.74, 6) is 0. The van der Waals surface area contributed by atoms with Gasteiger partial charge in [0.15, 0.2) is 0 Å². The number of hydrogen-bond acceptors (Lipinski definition) is 3. The molecule has 0 rings (SSSR count). The zero-order valence-electron chi connectivity index (χ0n) is 9.84. The highest BCUT2D eigenvalue weighted by Crippen LogP contribution is 2.18. The normalized spacial score (nSPS) is 11.7. The molecule has 0 N–H and O–H groups in total. The van der Waals surface area contributed by atoms with Crippen LogP contribution in [0.3, 0.4) is 0 Å². The van der Waals surface area contributed by atoms with Crippen molar-refractivity contribution < 1.29 is 4.74 Å². The lowest BCUT2D eigenvalue weighted by Crippen LogP contribution is -2.27. The van der Waals surface area contributed by atoms with E-state index < -0.39 is 0 Å². The van der Waals surface area contributed by atoms with Crippen molar-refractivity contribution in [3.63, 3.8) is 0 Å². The van der Waals surface area contributed by atoms with Crippen LogP contribution >= 0.6 is 0 Å². The number of likely N-dealkylation sites (N-methyl/N-ethyl adjacent to an activating group) is 1. The van der Waals surface area contributed by atoms with Gasteiger partial charge in [0, 0.05) is 13.2 Å². The Bertz CT molecular complexity index is 184. The Balaban J connectivity index is 3.54. The highest BCUT2D eigenvalue weighted by molar-refractivity contribution is 4.91. The average molecular weight is 198 g/mol. The monoisotopic (exact) mass is 198 g/mol. The number of hydrogen-bond donors (Lipinski definition) is 0. The third-order valence-electron chi connectivity index (χ3n) is 2.24. The first-order valence-corrected chi connectivity index (χ1v) is 5.19. The van der Waals surface area contributed by atoms with Gasteiger partial charge in [0.25, 0.3) is 0 Å². The van der Waals surface area contributed by atoms with Crippen LogP contribution in [0.15, 0.2) is 0 Å². The first-order valence-electron chi connectivity index (χ1n) is 5.19. The van der Waals surface area contributed by atoms with Gasteiger partial charge in [0.1, 0.15) is 0 Å². The van der Waals surface area contributed by atoms with Crippen LogP contribution in [0.4, 0.5) is 0 Å². The molecule has 0 aliphatic rings. The Kier molecular flexibility index (Phi) is 6.52. The van der Waals surface area contributed by atoms with Crippen LogP contribution in [0, 0.1) is 16.7 Å². The van der Waals surface area contributed by atoms with Gasteiger partial charge in [-0.3, -0.25) is 0 Å². The van der Waals surface area contributed by atoms with Gasteiger partial charge in [0.2, 0.25) is 0 Å². The van der Waals surface area contributed by atoms with Gasteiger partial charge in [0.05, 0.1) is 18.1 Å².